The van der Waals surface area contributed by atoms with Crippen LogP contribution in [0.4, 0.5) is 0 Å². The van der Waals surface area contributed by atoms with E-state index < -0.39 is 0 Å². The van der Waals surface area contributed by atoms with Gasteiger partial charge in [-0.25, -0.2) is 4.98 Å². The van der Waals surface area contributed by atoms with Crippen molar-refractivity contribution >= 4 is 27.5 Å². The lowest BCUT2D eigenvalue weighted by Crippen LogP contribution is -2.09. The highest BCUT2D eigenvalue weighted by Gasteiger charge is 2.09. The molecule has 0 radical (unpaired) electrons. The molecular formula is C17H12N2O2S. The van der Waals surface area contributed by atoms with Crippen molar-refractivity contribution in [3.8, 4) is 11.8 Å². The molecule has 2 aromatic carbocycles. The van der Waals surface area contributed by atoms with Crippen molar-refractivity contribution in [1.82, 2.24) is 4.98 Å². The molecule has 0 N–H and O–H groups in total. The molecule has 3 rings (SSSR count). The van der Waals surface area contributed by atoms with E-state index in [9.17, 15) is 4.79 Å². The second kappa shape index (κ2) is 6.37. The number of ether oxygens (including phenoxy) is 1. The van der Waals surface area contributed by atoms with Gasteiger partial charge in [-0.05, 0) is 30.3 Å². The first-order valence-corrected chi connectivity index (χ1v) is 7.61. The number of esters is 1. The Balaban J connectivity index is 1.61. The summed E-state index contributed by atoms with van der Waals surface area (Å²) in [6.45, 7) is 0. The lowest BCUT2D eigenvalue weighted by atomic mass is 10.2. The number of carbonyl (C=O) groups excluding carboxylic acids is 1. The Morgan fingerprint density at radius 3 is 2.91 bits per heavy atom. The minimum atomic E-state index is -0.325. The minimum absolute atomic E-state index is 0.261. The summed E-state index contributed by atoms with van der Waals surface area (Å²) in [5.41, 5.74) is 1.43. The SMILES string of the molecule is N#Cc1cccc(OC(=O)CCc2nc3ccccc3s2)c1. The standard InChI is InChI=1S/C17H12N2O2S/c18-11-12-4-3-5-13(10-12)21-17(20)9-8-16-19-14-6-1-2-7-15(14)22-16/h1-7,10H,8-9H2. The van der Waals surface area contributed by atoms with Crippen molar-refractivity contribution in [2.75, 3.05) is 0 Å². The molecule has 5 heteroatoms. The van der Waals surface area contributed by atoms with Crippen LogP contribution >= 0.6 is 11.3 Å². The van der Waals surface area contributed by atoms with Crippen LogP contribution in [0, 0.1) is 11.3 Å². The Morgan fingerprint density at radius 1 is 1.23 bits per heavy atom. The highest BCUT2D eigenvalue weighted by Crippen LogP contribution is 2.22. The van der Waals surface area contributed by atoms with Crippen molar-refractivity contribution in [3.63, 3.8) is 0 Å². The predicted molar refractivity (Wildman–Crippen MR) is 84.7 cm³/mol. The van der Waals surface area contributed by atoms with Gasteiger partial charge in [0.05, 0.1) is 33.3 Å². The van der Waals surface area contributed by atoms with Crippen molar-refractivity contribution in [2.45, 2.75) is 12.8 Å². The third kappa shape index (κ3) is 3.30. The van der Waals surface area contributed by atoms with Gasteiger partial charge in [0, 0.05) is 6.42 Å². The normalized spacial score (nSPS) is 10.3. The molecule has 0 unspecified atom stereocenters. The fraction of sp³-hybridized carbons (Fsp3) is 0.118. The Bertz CT molecular complexity index is 831. The van der Waals surface area contributed by atoms with E-state index in [2.05, 4.69) is 4.98 Å². The monoisotopic (exact) mass is 308 g/mol. The number of rotatable bonds is 4. The molecule has 0 aliphatic heterocycles. The van der Waals surface area contributed by atoms with Gasteiger partial charge >= 0.3 is 5.97 Å². The average Bonchev–Trinajstić information content (AvgIpc) is 2.96. The number of fused-ring (bicyclic) bond motifs is 1. The van der Waals surface area contributed by atoms with Crippen LogP contribution in [0.2, 0.25) is 0 Å². The van der Waals surface area contributed by atoms with E-state index in [4.69, 9.17) is 10.00 Å². The van der Waals surface area contributed by atoms with Crippen molar-refractivity contribution in [2.24, 2.45) is 0 Å². The highest BCUT2D eigenvalue weighted by molar-refractivity contribution is 7.18. The molecule has 4 nitrogen and oxygen atoms in total. The molecule has 108 valence electrons. The number of para-hydroxylation sites is 1. The molecule has 0 atom stereocenters. The van der Waals surface area contributed by atoms with E-state index in [0.717, 1.165) is 15.2 Å². The number of carbonyl (C=O) groups is 1. The molecule has 0 fully saturated rings. The molecule has 1 heterocycles. The summed E-state index contributed by atoms with van der Waals surface area (Å²) in [5.74, 6) is 0.0719. The zero-order chi connectivity index (χ0) is 15.4. The molecule has 0 amide bonds. The summed E-state index contributed by atoms with van der Waals surface area (Å²) in [6.07, 6.45) is 0.812. The zero-order valence-corrected chi connectivity index (χ0v) is 12.5. The first kappa shape index (κ1) is 14.2. The van der Waals surface area contributed by atoms with Gasteiger partial charge in [-0.2, -0.15) is 5.26 Å². The number of hydrogen-bond donors (Lipinski definition) is 0. The van der Waals surface area contributed by atoms with Crippen LogP contribution < -0.4 is 4.74 Å². The van der Waals surface area contributed by atoms with Crippen molar-refractivity contribution in [1.29, 1.82) is 5.26 Å². The predicted octanol–water partition coefficient (Wildman–Crippen LogP) is 3.71. The fourth-order valence-corrected chi connectivity index (χ4v) is 3.01. The maximum Gasteiger partial charge on any atom is 0.311 e. The first-order chi connectivity index (χ1) is 10.7. The Labute approximate surface area is 131 Å². The summed E-state index contributed by atoms with van der Waals surface area (Å²) in [6, 6.07) is 16.5. The number of benzene rings is 2. The van der Waals surface area contributed by atoms with Crippen molar-refractivity contribution in [3.05, 3.63) is 59.1 Å². The van der Waals surface area contributed by atoms with E-state index in [1.807, 2.05) is 30.3 Å². The number of thiazole rings is 1. The van der Waals surface area contributed by atoms with Gasteiger partial charge in [0.15, 0.2) is 0 Å². The maximum absolute atomic E-state index is 11.9. The summed E-state index contributed by atoms with van der Waals surface area (Å²) in [5, 5.41) is 9.74. The van der Waals surface area contributed by atoms with E-state index in [1.54, 1.807) is 35.6 Å². The molecule has 0 spiro atoms. The topological polar surface area (TPSA) is 63.0 Å². The Hall–Kier alpha value is -2.71. The third-order valence-electron chi connectivity index (χ3n) is 3.08. The number of nitriles is 1. The summed E-state index contributed by atoms with van der Waals surface area (Å²) >= 11 is 1.59. The largest absolute Gasteiger partial charge is 0.426 e. The molecule has 0 saturated carbocycles. The lowest BCUT2D eigenvalue weighted by Gasteiger charge is -2.03. The van der Waals surface area contributed by atoms with E-state index >= 15 is 0 Å². The molecule has 0 aliphatic rings. The Morgan fingerprint density at radius 2 is 2.09 bits per heavy atom. The van der Waals surface area contributed by atoms with Gasteiger partial charge in [0.25, 0.3) is 0 Å². The smallest absolute Gasteiger partial charge is 0.311 e. The molecule has 0 bridgehead atoms. The van der Waals surface area contributed by atoms with Crippen LogP contribution in [-0.4, -0.2) is 11.0 Å². The quantitative estimate of drug-likeness (QED) is 0.544. The van der Waals surface area contributed by atoms with Crippen LogP contribution in [0.3, 0.4) is 0 Å². The van der Waals surface area contributed by atoms with Gasteiger partial charge < -0.3 is 4.74 Å². The van der Waals surface area contributed by atoms with Gasteiger partial charge in [0.2, 0.25) is 0 Å². The molecule has 0 aliphatic carbocycles. The highest BCUT2D eigenvalue weighted by atomic mass is 32.1. The first-order valence-electron chi connectivity index (χ1n) is 6.80. The van der Waals surface area contributed by atoms with Crippen LogP contribution in [0.15, 0.2) is 48.5 Å². The lowest BCUT2D eigenvalue weighted by molar-refractivity contribution is -0.134. The molecule has 1 aromatic heterocycles. The molecular weight excluding hydrogens is 296 g/mol. The number of aryl methyl sites for hydroxylation is 1. The maximum atomic E-state index is 11.9. The fourth-order valence-electron chi connectivity index (χ4n) is 2.05. The van der Waals surface area contributed by atoms with Crippen LogP contribution in [-0.2, 0) is 11.2 Å². The van der Waals surface area contributed by atoms with Gasteiger partial charge in [-0.15, -0.1) is 11.3 Å². The molecule has 0 saturated heterocycles. The van der Waals surface area contributed by atoms with E-state index in [1.165, 1.54) is 0 Å². The number of aromatic nitrogens is 1. The molecule has 3 aromatic rings. The second-order valence-corrected chi connectivity index (χ2v) is 5.80. The minimum Gasteiger partial charge on any atom is -0.426 e. The van der Waals surface area contributed by atoms with Gasteiger partial charge in [-0.3, -0.25) is 4.79 Å². The van der Waals surface area contributed by atoms with Crippen LogP contribution in [0.5, 0.6) is 5.75 Å². The van der Waals surface area contributed by atoms with E-state index in [0.29, 0.717) is 17.7 Å². The third-order valence-corrected chi connectivity index (χ3v) is 4.17. The number of hydrogen-bond acceptors (Lipinski definition) is 5. The summed E-state index contributed by atoms with van der Waals surface area (Å²) in [7, 11) is 0. The van der Waals surface area contributed by atoms with Gasteiger partial charge in [0.1, 0.15) is 5.75 Å². The zero-order valence-electron chi connectivity index (χ0n) is 11.7. The van der Waals surface area contributed by atoms with Crippen LogP contribution in [0.25, 0.3) is 10.2 Å². The van der Waals surface area contributed by atoms with E-state index in [-0.39, 0.29) is 12.4 Å². The molecule has 22 heavy (non-hydrogen) atoms. The van der Waals surface area contributed by atoms with Crippen molar-refractivity contribution < 1.29 is 9.53 Å². The van der Waals surface area contributed by atoms with Crippen LogP contribution in [0.1, 0.15) is 17.0 Å². The average molecular weight is 308 g/mol. The summed E-state index contributed by atoms with van der Waals surface area (Å²) in [4.78, 5) is 16.4. The summed E-state index contributed by atoms with van der Waals surface area (Å²) < 4.78 is 6.36. The Kier molecular flexibility index (Phi) is 4.12. The second-order valence-electron chi connectivity index (χ2n) is 4.69. The number of nitrogens with zero attached hydrogens (tertiary/aromatic N) is 2. The van der Waals surface area contributed by atoms with Gasteiger partial charge in [-0.1, -0.05) is 18.2 Å².